The van der Waals surface area contributed by atoms with Gasteiger partial charge in [-0.15, -0.1) is 5.10 Å². The van der Waals surface area contributed by atoms with E-state index in [2.05, 4.69) is 20.7 Å². The van der Waals surface area contributed by atoms with Crippen molar-refractivity contribution >= 4 is 11.5 Å². The lowest BCUT2D eigenvalue weighted by molar-refractivity contribution is 0.317. The minimum absolute atomic E-state index is 0.154. The molecule has 7 heteroatoms. The second kappa shape index (κ2) is 3.29. The van der Waals surface area contributed by atoms with Gasteiger partial charge in [0.1, 0.15) is 5.84 Å². The summed E-state index contributed by atoms with van der Waals surface area (Å²) in [5.41, 5.74) is 6.89. The highest BCUT2D eigenvalue weighted by atomic mass is 16.4. The third-order valence-corrected chi connectivity index (χ3v) is 1.78. The molecular formula is C7H8N6O. The van der Waals surface area contributed by atoms with E-state index < -0.39 is 0 Å². The molecule has 0 atom stereocenters. The summed E-state index contributed by atoms with van der Waals surface area (Å²) in [5.74, 6) is 0.154. The van der Waals surface area contributed by atoms with Gasteiger partial charge in [-0.3, -0.25) is 0 Å². The number of tetrazole rings is 1. The van der Waals surface area contributed by atoms with E-state index in [9.17, 15) is 0 Å². The molecule has 72 valence electrons. The van der Waals surface area contributed by atoms with Gasteiger partial charge >= 0.3 is 0 Å². The van der Waals surface area contributed by atoms with Crippen molar-refractivity contribution in [3.8, 4) is 0 Å². The second-order valence-corrected chi connectivity index (χ2v) is 2.78. The van der Waals surface area contributed by atoms with E-state index >= 15 is 0 Å². The molecule has 0 unspecified atom stereocenters. The van der Waals surface area contributed by atoms with Crippen LogP contribution in [0.5, 0.6) is 0 Å². The minimum Gasteiger partial charge on any atom is -0.409 e. The average Bonchev–Trinajstić information content (AvgIpc) is 2.64. The Bertz CT molecular complexity index is 476. The fraction of sp³-hybridized carbons (Fsp3) is 0.143. The molecule has 0 aliphatic rings. The van der Waals surface area contributed by atoms with Gasteiger partial charge in [-0.1, -0.05) is 5.16 Å². The van der Waals surface area contributed by atoms with Crippen molar-refractivity contribution in [2.45, 2.75) is 6.42 Å². The summed E-state index contributed by atoms with van der Waals surface area (Å²) >= 11 is 0. The highest BCUT2D eigenvalue weighted by molar-refractivity contribution is 5.82. The molecule has 2 heterocycles. The van der Waals surface area contributed by atoms with Gasteiger partial charge in [0, 0.05) is 12.6 Å². The van der Waals surface area contributed by atoms with Crippen LogP contribution in [0.15, 0.2) is 23.5 Å². The number of hydrogen-bond donors (Lipinski definition) is 2. The van der Waals surface area contributed by atoms with Gasteiger partial charge in [-0.05, 0) is 28.1 Å². The van der Waals surface area contributed by atoms with E-state index in [-0.39, 0.29) is 5.84 Å². The van der Waals surface area contributed by atoms with Gasteiger partial charge < -0.3 is 10.9 Å². The first-order valence-electron chi connectivity index (χ1n) is 3.92. The maximum absolute atomic E-state index is 8.39. The maximum Gasteiger partial charge on any atom is 0.179 e. The normalized spacial score (nSPS) is 12.1. The maximum atomic E-state index is 8.39. The van der Waals surface area contributed by atoms with E-state index in [4.69, 9.17) is 10.9 Å². The lowest BCUT2D eigenvalue weighted by atomic mass is 10.2. The number of nitrogens with zero attached hydrogens (tertiary/aromatic N) is 5. The van der Waals surface area contributed by atoms with Crippen molar-refractivity contribution in [2.75, 3.05) is 0 Å². The van der Waals surface area contributed by atoms with Crippen molar-refractivity contribution in [1.82, 2.24) is 20.0 Å². The molecule has 0 radical (unpaired) electrons. The zero-order valence-electron chi connectivity index (χ0n) is 7.20. The lowest BCUT2D eigenvalue weighted by Gasteiger charge is -1.98. The number of nitrogens with two attached hydrogens (primary N) is 1. The molecule has 7 nitrogen and oxygen atoms in total. The van der Waals surface area contributed by atoms with Gasteiger partial charge in [0.2, 0.25) is 0 Å². The van der Waals surface area contributed by atoms with Crippen molar-refractivity contribution in [3.63, 3.8) is 0 Å². The van der Waals surface area contributed by atoms with Crippen molar-refractivity contribution in [3.05, 3.63) is 23.9 Å². The molecule has 0 aliphatic carbocycles. The molecule has 0 bridgehead atoms. The van der Waals surface area contributed by atoms with Crippen molar-refractivity contribution in [1.29, 1.82) is 0 Å². The molecule has 0 saturated heterocycles. The minimum atomic E-state index is 0.154. The van der Waals surface area contributed by atoms with E-state index in [1.807, 2.05) is 0 Å². The SMILES string of the molecule is N/C(Cc1ccn2nnnc2c1)=N\O. The number of rotatable bonds is 2. The molecule has 0 aromatic carbocycles. The largest absolute Gasteiger partial charge is 0.409 e. The first kappa shape index (κ1) is 8.42. The number of aromatic nitrogens is 4. The molecule has 3 N–H and O–H groups in total. The van der Waals surface area contributed by atoms with E-state index in [0.29, 0.717) is 12.1 Å². The quantitative estimate of drug-likeness (QED) is 0.286. The Kier molecular flexibility index (Phi) is 1.98. The highest BCUT2D eigenvalue weighted by Crippen LogP contribution is 2.03. The average molecular weight is 192 g/mol. The molecule has 0 amide bonds. The van der Waals surface area contributed by atoms with E-state index in [0.717, 1.165) is 5.56 Å². The zero-order chi connectivity index (χ0) is 9.97. The van der Waals surface area contributed by atoms with E-state index in [1.165, 1.54) is 4.52 Å². The summed E-state index contributed by atoms with van der Waals surface area (Å²) in [6.45, 7) is 0. The van der Waals surface area contributed by atoms with Gasteiger partial charge in [0.15, 0.2) is 5.65 Å². The van der Waals surface area contributed by atoms with Crippen LogP contribution in [-0.4, -0.2) is 31.1 Å². The molecule has 0 spiro atoms. The summed E-state index contributed by atoms with van der Waals surface area (Å²) in [7, 11) is 0. The monoisotopic (exact) mass is 192 g/mol. The third kappa shape index (κ3) is 1.47. The standard InChI is InChI=1S/C7H8N6O/c8-6(10-14)3-5-1-2-13-7(4-5)9-11-12-13/h1-2,4,14H,3H2,(H2,8,10). The Hall–Kier alpha value is -2.18. The van der Waals surface area contributed by atoms with Crippen LogP contribution in [0.4, 0.5) is 0 Å². The number of amidine groups is 1. The topological polar surface area (TPSA) is 102 Å². The van der Waals surface area contributed by atoms with Gasteiger partial charge in [0.05, 0.1) is 0 Å². The summed E-state index contributed by atoms with van der Waals surface area (Å²) in [5, 5.41) is 22.2. The van der Waals surface area contributed by atoms with Crippen LogP contribution in [0.1, 0.15) is 5.56 Å². The molecule has 0 saturated carbocycles. The Labute approximate surface area is 78.8 Å². The van der Waals surface area contributed by atoms with Crippen molar-refractivity contribution < 1.29 is 5.21 Å². The fourth-order valence-corrected chi connectivity index (χ4v) is 1.14. The van der Waals surface area contributed by atoms with Crippen LogP contribution in [-0.2, 0) is 6.42 Å². The Morgan fingerprint density at radius 2 is 2.50 bits per heavy atom. The summed E-state index contributed by atoms with van der Waals surface area (Å²) in [6.07, 6.45) is 2.09. The third-order valence-electron chi connectivity index (χ3n) is 1.78. The first-order valence-corrected chi connectivity index (χ1v) is 3.92. The van der Waals surface area contributed by atoms with Gasteiger partial charge in [-0.2, -0.15) is 0 Å². The molecule has 0 aliphatic heterocycles. The molecule has 2 aromatic rings. The first-order chi connectivity index (χ1) is 6.79. The summed E-state index contributed by atoms with van der Waals surface area (Å²) in [6, 6.07) is 3.58. The Morgan fingerprint density at radius 3 is 3.29 bits per heavy atom. The van der Waals surface area contributed by atoms with Crippen LogP contribution in [0.2, 0.25) is 0 Å². The van der Waals surface area contributed by atoms with Gasteiger partial charge in [-0.25, -0.2) is 4.52 Å². The summed E-state index contributed by atoms with van der Waals surface area (Å²) in [4.78, 5) is 0. The fourth-order valence-electron chi connectivity index (χ4n) is 1.14. The molecular weight excluding hydrogens is 184 g/mol. The predicted octanol–water partition coefficient (Wildman–Crippen LogP) is -0.587. The molecule has 2 rings (SSSR count). The lowest BCUT2D eigenvalue weighted by Crippen LogP contribution is -2.14. The second-order valence-electron chi connectivity index (χ2n) is 2.78. The molecule has 2 aromatic heterocycles. The predicted molar refractivity (Wildman–Crippen MR) is 47.9 cm³/mol. The van der Waals surface area contributed by atoms with Crippen LogP contribution in [0, 0.1) is 0 Å². The highest BCUT2D eigenvalue weighted by Gasteiger charge is 2.01. The zero-order valence-corrected chi connectivity index (χ0v) is 7.20. The number of hydrogen-bond acceptors (Lipinski definition) is 5. The van der Waals surface area contributed by atoms with Crippen LogP contribution in [0.25, 0.3) is 5.65 Å². The molecule has 14 heavy (non-hydrogen) atoms. The Balaban J connectivity index is 2.34. The number of oxime groups is 1. The van der Waals surface area contributed by atoms with Crippen LogP contribution in [0.3, 0.4) is 0 Å². The number of fused-ring (bicyclic) bond motifs is 1. The van der Waals surface area contributed by atoms with E-state index in [1.54, 1.807) is 18.3 Å². The smallest absolute Gasteiger partial charge is 0.179 e. The van der Waals surface area contributed by atoms with Gasteiger partial charge in [0.25, 0.3) is 0 Å². The van der Waals surface area contributed by atoms with Crippen LogP contribution >= 0.6 is 0 Å². The summed E-state index contributed by atoms with van der Waals surface area (Å²) < 4.78 is 1.54. The Morgan fingerprint density at radius 1 is 1.64 bits per heavy atom. The molecule has 0 fully saturated rings. The number of pyridine rings is 1. The van der Waals surface area contributed by atoms with Crippen molar-refractivity contribution in [2.24, 2.45) is 10.9 Å². The van der Waals surface area contributed by atoms with Crippen LogP contribution < -0.4 is 5.73 Å².